The Bertz CT molecular complexity index is 732. The molecule has 0 aliphatic heterocycles. The molecule has 0 heterocycles. The minimum Gasteiger partial charge on any atom is -0.271 e. The molecule has 6 aliphatic carbocycles. The van der Waals surface area contributed by atoms with Crippen molar-refractivity contribution in [3.63, 3.8) is 0 Å². The van der Waals surface area contributed by atoms with Gasteiger partial charge in [-0.05, 0) is 188 Å². The van der Waals surface area contributed by atoms with Gasteiger partial charge in [-0.15, -0.1) is 0 Å². The molecule has 3 N–H and O–H groups in total. The van der Waals surface area contributed by atoms with Crippen molar-refractivity contribution in [2.24, 2.45) is 65.0 Å². The third-order valence-corrected chi connectivity index (χ3v) is 15.0. The van der Waals surface area contributed by atoms with E-state index in [4.69, 9.17) is 18.5 Å². The van der Waals surface area contributed by atoms with Crippen LogP contribution in [0, 0.1) is 59.2 Å². The molecular weight excluding hydrogens is 504 g/mol. The summed E-state index contributed by atoms with van der Waals surface area (Å²) in [7, 11) is 0. The average Bonchev–Trinajstić information content (AvgIpc) is 3.19. The molecule has 0 radical (unpaired) electrons. The van der Waals surface area contributed by atoms with Crippen molar-refractivity contribution < 1.29 is 0 Å². The van der Waals surface area contributed by atoms with E-state index in [2.05, 4.69) is 5.43 Å². The fourth-order valence-corrected chi connectivity index (χ4v) is 12.2. The maximum absolute atomic E-state index is 5.79. The number of rotatable bonds is 6. The van der Waals surface area contributed by atoms with Gasteiger partial charge in [-0.1, -0.05) is 32.1 Å². The Morgan fingerprint density at radius 2 is 0.650 bits per heavy atom. The van der Waals surface area contributed by atoms with Crippen molar-refractivity contribution in [1.29, 1.82) is 0 Å². The van der Waals surface area contributed by atoms with Crippen LogP contribution in [0.2, 0.25) is 0 Å². The predicted octanol–water partition coefficient (Wildman–Crippen LogP) is 10.1. The van der Waals surface area contributed by atoms with Crippen LogP contribution in [0.25, 0.3) is 0 Å². The van der Waals surface area contributed by atoms with E-state index in [0.29, 0.717) is 11.3 Å². The molecule has 0 amide bonds. The van der Waals surface area contributed by atoms with Gasteiger partial charge in [-0.3, -0.25) is 11.3 Å². The summed E-state index contributed by atoms with van der Waals surface area (Å²) in [6, 6.07) is 0.583. The second-order valence-corrected chi connectivity index (χ2v) is 17.1. The van der Waals surface area contributed by atoms with Crippen LogP contribution in [-0.2, 0) is 0 Å². The maximum atomic E-state index is 5.79. The zero-order valence-electron chi connectivity index (χ0n) is 26.1. The SMILES string of the molecule is NNC1CCCC(C2CCC(C3CCC(C4CCCC(C5CCC(C6CCC(S)CC6)CC5)CC4)CC3)C2)CC1. The minimum absolute atomic E-state index is 0.583. The lowest BCUT2D eigenvalue weighted by Gasteiger charge is -2.39. The largest absolute Gasteiger partial charge is 0.271 e. The first kappa shape index (κ1) is 30.3. The van der Waals surface area contributed by atoms with Crippen LogP contribution < -0.4 is 11.3 Å². The molecule has 0 saturated heterocycles. The van der Waals surface area contributed by atoms with Crippen LogP contribution >= 0.6 is 12.6 Å². The first-order valence-corrected chi connectivity index (χ1v) is 19.3. The molecule has 6 fully saturated rings. The summed E-state index contributed by atoms with van der Waals surface area (Å²) in [5, 5.41) is 0.705. The third kappa shape index (κ3) is 7.67. The van der Waals surface area contributed by atoms with Gasteiger partial charge >= 0.3 is 0 Å². The lowest BCUT2D eigenvalue weighted by atomic mass is 9.67. The first-order chi connectivity index (χ1) is 19.7. The van der Waals surface area contributed by atoms with Crippen LogP contribution in [0.5, 0.6) is 0 Å². The summed E-state index contributed by atoms with van der Waals surface area (Å²) in [5.41, 5.74) is 3.08. The van der Waals surface area contributed by atoms with Crippen molar-refractivity contribution in [3.05, 3.63) is 0 Å². The van der Waals surface area contributed by atoms with Crippen molar-refractivity contribution in [1.82, 2.24) is 5.43 Å². The van der Waals surface area contributed by atoms with Crippen molar-refractivity contribution >= 4 is 12.6 Å². The van der Waals surface area contributed by atoms with Crippen LogP contribution in [0.15, 0.2) is 0 Å². The van der Waals surface area contributed by atoms with E-state index in [-0.39, 0.29) is 0 Å². The van der Waals surface area contributed by atoms with Gasteiger partial charge < -0.3 is 0 Å². The molecule has 0 aromatic carbocycles. The Kier molecular flexibility index (Phi) is 11.2. The molecule has 6 rings (SSSR count). The number of nitrogens with two attached hydrogens (primary N) is 1. The average molecular weight is 571 g/mol. The third-order valence-electron chi connectivity index (χ3n) is 14.5. The van der Waals surface area contributed by atoms with E-state index in [0.717, 1.165) is 59.2 Å². The highest BCUT2D eigenvalue weighted by atomic mass is 32.1. The topological polar surface area (TPSA) is 38.0 Å². The Labute approximate surface area is 254 Å². The lowest BCUT2D eigenvalue weighted by molar-refractivity contribution is 0.129. The van der Waals surface area contributed by atoms with Crippen molar-refractivity contribution in [2.45, 2.75) is 172 Å². The quantitative estimate of drug-likeness (QED) is 0.129. The molecule has 0 aromatic heterocycles. The van der Waals surface area contributed by atoms with Crippen LogP contribution in [0.3, 0.4) is 0 Å². The molecule has 3 heteroatoms. The summed E-state index contributed by atoms with van der Waals surface area (Å²) >= 11 is 4.75. The molecule has 230 valence electrons. The normalized spacial score (nSPS) is 47.9. The van der Waals surface area contributed by atoms with E-state index in [1.54, 1.807) is 103 Å². The highest BCUT2D eigenvalue weighted by Crippen LogP contribution is 2.50. The van der Waals surface area contributed by atoms with Gasteiger partial charge in [0.05, 0.1) is 0 Å². The van der Waals surface area contributed by atoms with E-state index < -0.39 is 0 Å². The summed E-state index contributed by atoms with van der Waals surface area (Å²) in [6.45, 7) is 0. The number of hydrogen-bond donors (Lipinski definition) is 3. The van der Waals surface area contributed by atoms with Gasteiger partial charge in [0.1, 0.15) is 0 Å². The zero-order chi connectivity index (χ0) is 27.3. The molecule has 6 unspecified atom stereocenters. The highest BCUT2D eigenvalue weighted by Gasteiger charge is 2.39. The second-order valence-electron chi connectivity index (χ2n) is 16.4. The number of hydrogen-bond acceptors (Lipinski definition) is 3. The van der Waals surface area contributed by atoms with E-state index >= 15 is 0 Å². The molecular formula is C37H66N2S. The molecule has 40 heavy (non-hydrogen) atoms. The lowest BCUT2D eigenvalue weighted by Crippen LogP contribution is -2.34. The maximum Gasteiger partial charge on any atom is 0.0210 e. The zero-order valence-corrected chi connectivity index (χ0v) is 27.0. The number of hydrazine groups is 1. The van der Waals surface area contributed by atoms with Gasteiger partial charge in [-0.2, -0.15) is 12.6 Å². The number of nitrogens with one attached hydrogen (secondary N) is 1. The molecule has 0 spiro atoms. The summed E-state index contributed by atoms with van der Waals surface area (Å²) in [6.07, 6.45) is 37.7. The van der Waals surface area contributed by atoms with Crippen LogP contribution in [-0.4, -0.2) is 11.3 Å². The molecule has 2 nitrogen and oxygen atoms in total. The summed E-state index contributed by atoms with van der Waals surface area (Å²) in [4.78, 5) is 0. The first-order valence-electron chi connectivity index (χ1n) is 18.8. The fourth-order valence-electron chi connectivity index (χ4n) is 11.9. The van der Waals surface area contributed by atoms with E-state index in [9.17, 15) is 0 Å². The second kappa shape index (κ2) is 14.8. The molecule has 6 aliphatic rings. The van der Waals surface area contributed by atoms with E-state index in [1.165, 1.54) is 57.8 Å². The Morgan fingerprint density at radius 3 is 1.10 bits per heavy atom. The monoisotopic (exact) mass is 570 g/mol. The summed E-state index contributed by atoms with van der Waals surface area (Å²) < 4.78 is 0. The van der Waals surface area contributed by atoms with Crippen LogP contribution in [0.1, 0.15) is 161 Å². The van der Waals surface area contributed by atoms with E-state index in [1.807, 2.05) is 0 Å². The van der Waals surface area contributed by atoms with Crippen molar-refractivity contribution in [3.8, 4) is 0 Å². The fraction of sp³-hybridized carbons (Fsp3) is 1.00. The predicted molar refractivity (Wildman–Crippen MR) is 174 cm³/mol. The summed E-state index contributed by atoms with van der Waals surface area (Å²) in [5.74, 6) is 16.4. The minimum atomic E-state index is 0.583. The highest BCUT2D eigenvalue weighted by molar-refractivity contribution is 7.80. The van der Waals surface area contributed by atoms with Gasteiger partial charge in [0.2, 0.25) is 0 Å². The van der Waals surface area contributed by atoms with Gasteiger partial charge in [0.25, 0.3) is 0 Å². The van der Waals surface area contributed by atoms with Gasteiger partial charge in [-0.25, -0.2) is 0 Å². The molecule has 6 atom stereocenters. The Morgan fingerprint density at radius 1 is 0.350 bits per heavy atom. The number of thiol groups is 1. The Balaban J connectivity index is 0.898. The standard InChI is InChI=1S/C37H66N2S/c38-39-36-6-2-5-28(19-22-36)34-17-18-35(25-34)33-15-13-30(14-16-33)27-4-1-3-26(7-8-27)29-9-11-31(12-10-29)32-20-23-37(40)24-21-32/h26-37,39-40H,1-25,38H2. The molecule has 0 bridgehead atoms. The van der Waals surface area contributed by atoms with Gasteiger partial charge in [0.15, 0.2) is 0 Å². The smallest absolute Gasteiger partial charge is 0.0210 e. The van der Waals surface area contributed by atoms with Crippen molar-refractivity contribution in [2.75, 3.05) is 0 Å². The van der Waals surface area contributed by atoms with Crippen LogP contribution in [0.4, 0.5) is 0 Å². The molecule has 0 aromatic rings. The Hall–Kier alpha value is 0.270. The molecule has 6 saturated carbocycles. The van der Waals surface area contributed by atoms with Gasteiger partial charge in [0, 0.05) is 11.3 Å².